The van der Waals surface area contributed by atoms with Crippen LogP contribution in [-0.4, -0.2) is 50.7 Å². The zero-order valence-electron chi connectivity index (χ0n) is 15.2. The van der Waals surface area contributed by atoms with E-state index in [1.165, 1.54) is 12.1 Å². The Bertz CT molecular complexity index is 976. The summed E-state index contributed by atoms with van der Waals surface area (Å²) in [5, 5.41) is 8.12. The monoisotopic (exact) mass is 383 g/mol. The number of rotatable bonds is 5. The number of likely N-dealkylation sites (tertiary alicyclic amines) is 1. The maximum Gasteiger partial charge on any atom is 0.267 e. The molecule has 1 aliphatic heterocycles. The fourth-order valence-corrected chi connectivity index (χ4v) is 2.99. The van der Waals surface area contributed by atoms with Crippen LogP contribution in [-0.2, 0) is 4.79 Å². The molecule has 0 bridgehead atoms. The predicted molar refractivity (Wildman–Crippen MR) is 95.9 cm³/mol. The molecule has 0 N–H and O–H groups in total. The number of para-hydroxylation sites is 1. The first-order valence-electron chi connectivity index (χ1n) is 8.87. The van der Waals surface area contributed by atoms with Gasteiger partial charge in [-0.1, -0.05) is 12.1 Å². The third kappa shape index (κ3) is 3.83. The van der Waals surface area contributed by atoms with Gasteiger partial charge in [-0.15, -0.1) is 10.2 Å². The van der Waals surface area contributed by atoms with Crippen LogP contribution in [0.5, 0.6) is 5.75 Å². The van der Waals surface area contributed by atoms with Crippen molar-refractivity contribution in [3.63, 3.8) is 0 Å². The number of amides is 1. The third-order valence-corrected chi connectivity index (χ3v) is 4.52. The second kappa shape index (κ2) is 7.71. The Hall–Kier alpha value is -3.36. The maximum atomic E-state index is 13.6. The van der Waals surface area contributed by atoms with Gasteiger partial charge in [-0.2, -0.15) is 0 Å². The number of hydrogen-bond acceptors (Lipinski definition) is 7. The van der Waals surface area contributed by atoms with Crippen molar-refractivity contribution in [3.8, 4) is 17.3 Å². The summed E-state index contributed by atoms with van der Waals surface area (Å²) >= 11 is 0. The lowest BCUT2D eigenvalue weighted by Crippen LogP contribution is -2.33. The highest BCUT2D eigenvalue weighted by molar-refractivity contribution is 5.78. The Morgan fingerprint density at radius 1 is 1.29 bits per heavy atom. The lowest BCUT2D eigenvalue weighted by atomic mass is 10.1. The van der Waals surface area contributed by atoms with Crippen LogP contribution in [0.3, 0.4) is 0 Å². The second-order valence-electron chi connectivity index (χ2n) is 6.53. The normalized spacial score (nSPS) is 16.4. The van der Waals surface area contributed by atoms with E-state index in [9.17, 15) is 9.18 Å². The molecule has 2 aromatic heterocycles. The van der Waals surface area contributed by atoms with Crippen molar-refractivity contribution < 1.29 is 18.3 Å². The van der Waals surface area contributed by atoms with Gasteiger partial charge in [-0.25, -0.2) is 9.37 Å². The third-order valence-electron chi connectivity index (χ3n) is 4.52. The molecule has 9 heteroatoms. The van der Waals surface area contributed by atoms with Crippen molar-refractivity contribution in [1.82, 2.24) is 25.1 Å². The molecule has 28 heavy (non-hydrogen) atoms. The van der Waals surface area contributed by atoms with E-state index >= 15 is 0 Å². The van der Waals surface area contributed by atoms with Gasteiger partial charge in [0.05, 0.1) is 17.8 Å². The van der Waals surface area contributed by atoms with Gasteiger partial charge in [0.1, 0.15) is 5.69 Å². The fraction of sp³-hybridized carbons (Fsp3) is 0.316. The average Bonchev–Trinajstić information content (AvgIpc) is 3.37. The van der Waals surface area contributed by atoms with E-state index in [4.69, 9.17) is 9.15 Å². The largest absolute Gasteiger partial charge is 0.481 e. The summed E-state index contributed by atoms with van der Waals surface area (Å²) in [6, 6.07) is 6.00. The topological polar surface area (TPSA) is 94.2 Å². The van der Waals surface area contributed by atoms with Crippen LogP contribution in [0.2, 0.25) is 0 Å². The number of carbonyl (C=O) groups is 1. The molecule has 1 aromatic carbocycles. The molecule has 4 rings (SSSR count). The minimum absolute atomic E-state index is 0.0583. The van der Waals surface area contributed by atoms with E-state index in [0.717, 1.165) is 5.69 Å². The maximum absolute atomic E-state index is 13.6. The predicted octanol–water partition coefficient (Wildman–Crippen LogP) is 2.37. The Labute approximate surface area is 160 Å². The minimum atomic E-state index is -0.493. The molecule has 1 atom stereocenters. The standard InChI is InChI=1S/C19H18FN5O3/c1-12-8-22-15(9-21-12)19-24-23-18(28-19)13-6-7-25(10-13)17(26)11-27-16-5-3-2-4-14(16)20/h2-5,8-9,13H,6-7,10-11H2,1H3/t13-/m1/s1. The minimum Gasteiger partial charge on any atom is -0.481 e. The Kier molecular flexibility index (Phi) is 4.96. The van der Waals surface area contributed by atoms with E-state index in [0.29, 0.717) is 37.0 Å². The molecule has 1 amide bonds. The van der Waals surface area contributed by atoms with Crippen molar-refractivity contribution in [2.24, 2.45) is 0 Å². The molecule has 3 aromatic rings. The molecule has 144 valence electrons. The number of aromatic nitrogens is 4. The lowest BCUT2D eigenvalue weighted by Gasteiger charge is -2.16. The lowest BCUT2D eigenvalue weighted by molar-refractivity contribution is -0.132. The molecule has 0 unspecified atom stereocenters. The number of nitrogens with zero attached hydrogens (tertiary/aromatic N) is 5. The first kappa shape index (κ1) is 18.0. The smallest absolute Gasteiger partial charge is 0.267 e. The number of halogens is 1. The molecular formula is C19H18FN5O3. The van der Waals surface area contributed by atoms with Gasteiger partial charge in [-0.3, -0.25) is 9.78 Å². The van der Waals surface area contributed by atoms with Crippen LogP contribution >= 0.6 is 0 Å². The fourth-order valence-electron chi connectivity index (χ4n) is 2.99. The van der Waals surface area contributed by atoms with Crippen molar-refractivity contribution in [1.29, 1.82) is 0 Å². The molecule has 8 nitrogen and oxygen atoms in total. The highest BCUT2D eigenvalue weighted by Crippen LogP contribution is 2.28. The highest BCUT2D eigenvalue weighted by atomic mass is 19.1. The van der Waals surface area contributed by atoms with Gasteiger partial charge in [0, 0.05) is 19.3 Å². The summed E-state index contributed by atoms with van der Waals surface area (Å²) in [5.41, 5.74) is 1.31. The summed E-state index contributed by atoms with van der Waals surface area (Å²) in [7, 11) is 0. The molecule has 1 aliphatic rings. The Balaban J connectivity index is 1.35. The van der Waals surface area contributed by atoms with Crippen molar-refractivity contribution in [2.45, 2.75) is 19.3 Å². The van der Waals surface area contributed by atoms with Gasteiger partial charge in [-0.05, 0) is 25.5 Å². The number of ether oxygens (including phenoxy) is 1. The van der Waals surface area contributed by atoms with Crippen LogP contribution in [0, 0.1) is 12.7 Å². The Morgan fingerprint density at radius 2 is 2.14 bits per heavy atom. The summed E-state index contributed by atoms with van der Waals surface area (Å²) in [6.45, 7) is 2.62. The quantitative estimate of drug-likeness (QED) is 0.667. The molecule has 0 aliphatic carbocycles. The zero-order chi connectivity index (χ0) is 19.5. The number of hydrogen-bond donors (Lipinski definition) is 0. The number of carbonyl (C=O) groups excluding carboxylic acids is 1. The van der Waals surface area contributed by atoms with Gasteiger partial charge in [0.15, 0.2) is 18.2 Å². The zero-order valence-corrected chi connectivity index (χ0v) is 15.2. The summed E-state index contributed by atoms with van der Waals surface area (Å²) < 4.78 is 24.6. The van der Waals surface area contributed by atoms with Gasteiger partial charge >= 0.3 is 0 Å². The molecular weight excluding hydrogens is 365 g/mol. The molecule has 1 fully saturated rings. The van der Waals surface area contributed by atoms with E-state index in [1.54, 1.807) is 29.4 Å². The van der Waals surface area contributed by atoms with Gasteiger partial charge < -0.3 is 14.1 Å². The summed E-state index contributed by atoms with van der Waals surface area (Å²) in [6.07, 6.45) is 3.91. The van der Waals surface area contributed by atoms with Crippen LogP contribution in [0.25, 0.3) is 11.6 Å². The van der Waals surface area contributed by atoms with Crippen LogP contribution in [0.1, 0.15) is 23.9 Å². The van der Waals surface area contributed by atoms with Gasteiger partial charge in [0.2, 0.25) is 5.89 Å². The number of aryl methyl sites for hydroxylation is 1. The van der Waals surface area contributed by atoms with Gasteiger partial charge in [0.25, 0.3) is 11.8 Å². The molecule has 3 heterocycles. The summed E-state index contributed by atoms with van der Waals surface area (Å²) in [5.74, 6) is 0.0596. The van der Waals surface area contributed by atoms with E-state index in [2.05, 4.69) is 20.2 Å². The Morgan fingerprint density at radius 3 is 2.93 bits per heavy atom. The van der Waals surface area contributed by atoms with Crippen LogP contribution < -0.4 is 4.74 Å². The average molecular weight is 383 g/mol. The SMILES string of the molecule is Cc1cnc(-c2nnc([C@@H]3CCN(C(=O)COc4ccccc4F)C3)o2)cn1. The second-order valence-corrected chi connectivity index (χ2v) is 6.53. The summed E-state index contributed by atoms with van der Waals surface area (Å²) in [4.78, 5) is 22.4. The van der Waals surface area contributed by atoms with E-state index in [-0.39, 0.29) is 24.2 Å². The number of benzene rings is 1. The van der Waals surface area contributed by atoms with Crippen LogP contribution in [0.15, 0.2) is 41.1 Å². The molecule has 1 saturated heterocycles. The molecule has 0 radical (unpaired) electrons. The molecule has 0 spiro atoms. The first-order chi connectivity index (χ1) is 13.6. The van der Waals surface area contributed by atoms with E-state index in [1.807, 2.05) is 6.92 Å². The highest BCUT2D eigenvalue weighted by Gasteiger charge is 2.31. The van der Waals surface area contributed by atoms with E-state index < -0.39 is 5.82 Å². The van der Waals surface area contributed by atoms with Crippen molar-refractivity contribution in [3.05, 3.63) is 54.1 Å². The van der Waals surface area contributed by atoms with Crippen molar-refractivity contribution in [2.75, 3.05) is 19.7 Å². The molecule has 0 saturated carbocycles. The first-order valence-corrected chi connectivity index (χ1v) is 8.87. The van der Waals surface area contributed by atoms with Crippen molar-refractivity contribution >= 4 is 5.91 Å². The van der Waals surface area contributed by atoms with Crippen LogP contribution in [0.4, 0.5) is 4.39 Å².